The smallest absolute Gasteiger partial charge is 0.243 e. The van der Waals surface area contributed by atoms with E-state index >= 15 is 0 Å². The average Bonchev–Trinajstić information content (AvgIpc) is 2.88. The number of nitrogens with one attached hydrogen (secondary N) is 3. The van der Waals surface area contributed by atoms with Crippen molar-refractivity contribution in [3.8, 4) is 0 Å². The molecule has 0 aromatic heterocycles. The topological polar surface area (TPSA) is 113 Å². The predicted molar refractivity (Wildman–Crippen MR) is 74.6 cm³/mol. The Bertz CT molecular complexity index is 365. The second-order valence-corrected chi connectivity index (χ2v) is 5.52. The molecule has 7 heteroatoms. The molecule has 0 aromatic carbocycles. The van der Waals surface area contributed by atoms with E-state index in [-0.39, 0.29) is 30.3 Å². The van der Waals surface area contributed by atoms with Crippen LogP contribution in [0.15, 0.2) is 0 Å². The zero-order valence-corrected chi connectivity index (χ0v) is 12.1. The van der Waals surface area contributed by atoms with Gasteiger partial charge in [0, 0.05) is 0 Å². The minimum Gasteiger partial charge on any atom is -0.368 e. The first-order valence-electron chi connectivity index (χ1n) is 7.00. The SMILES string of the molecule is CC(C)C[C@H]([15NH]C(=O)[C@@H]1CCCN1)C(=O)NC[13C](N)=O. The first-order valence-corrected chi connectivity index (χ1v) is 7.00. The normalized spacial score (nSPS) is 19.6. The molecule has 20 heavy (non-hydrogen) atoms. The summed E-state index contributed by atoms with van der Waals surface area (Å²) in [5.74, 6) is -0.896. The fourth-order valence-corrected chi connectivity index (χ4v) is 2.18. The van der Waals surface area contributed by atoms with Gasteiger partial charge in [-0.25, -0.2) is 0 Å². The van der Waals surface area contributed by atoms with Crippen molar-refractivity contribution in [3.63, 3.8) is 0 Å². The van der Waals surface area contributed by atoms with Crippen LogP contribution >= 0.6 is 0 Å². The number of nitrogens with two attached hydrogens (primary N) is 1. The van der Waals surface area contributed by atoms with E-state index in [0.29, 0.717) is 6.42 Å². The van der Waals surface area contributed by atoms with Gasteiger partial charge < -0.3 is 21.7 Å². The molecule has 1 heterocycles. The largest absolute Gasteiger partial charge is 0.368 e. The molecule has 5 N–H and O–H groups in total. The van der Waals surface area contributed by atoms with Crippen molar-refractivity contribution in [1.82, 2.24) is 16.0 Å². The lowest BCUT2D eigenvalue weighted by Gasteiger charge is -2.21. The molecule has 1 fully saturated rings. The van der Waals surface area contributed by atoms with Crippen molar-refractivity contribution in [3.05, 3.63) is 0 Å². The van der Waals surface area contributed by atoms with E-state index in [2.05, 4.69) is 16.0 Å². The number of carbonyl (C=O) groups excluding carboxylic acids is 3. The van der Waals surface area contributed by atoms with Crippen LogP contribution in [-0.4, -0.2) is 42.9 Å². The van der Waals surface area contributed by atoms with Crippen LogP contribution in [0.5, 0.6) is 0 Å². The molecular weight excluding hydrogens is 262 g/mol. The van der Waals surface area contributed by atoms with Crippen LogP contribution in [0.1, 0.15) is 33.1 Å². The Morgan fingerprint density at radius 3 is 2.55 bits per heavy atom. The molecule has 0 aliphatic carbocycles. The van der Waals surface area contributed by atoms with Crippen molar-refractivity contribution in [1.29, 1.82) is 0 Å². The molecule has 0 spiro atoms. The highest BCUT2D eigenvalue weighted by atomic mass is 16.2. The first-order chi connectivity index (χ1) is 9.40. The Labute approximate surface area is 119 Å². The molecule has 1 aliphatic heterocycles. The molecule has 2 atom stereocenters. The highest BCUT2D eigenvalue weighted by molar-refractivity contribution is 5.91. The maximum Gasteiger partial charge on any atom is 0.243 e. The van der Waals surface area contributed by atoms with Crippen LogP contribution in [0.3, 0.4) is 0 Å². The van der Waals surface area contributed by atoms with Gasteiger partial charge in [-0.1, -0.05) is 13.8 Å². The summed E-state index contributed by atoms with van der Waals surface area (Å²) in [4.78, 5) is 34.7. The number of rotatable bonds is 7. The van der Waals surface area contributed by atoms with Gasteiger partial charge in [-0.3, -0.25) is 14.4 Å². The van der Waals surface area contributed by atoms with E-state index in [0.717, 1.165) is 19.4 Å². The van der Waals surface area contributed by atoms with Gasteiger partial charge in [0.2, 0.25) is 17.7 Å². The van der Waals surface area contributed by atoms with Crippen molar-refractivity contribution >= 4 is 17.7 Å². The third-order valence-electron chi connectivity index (χ3n) is 3.15. The minimum atomic E-state index is -0.635. The number of hydrogen-bond donors (Lipinski definition) is 4. The summed E-state index contributed by atoms with van der Waals surface area (Å²) < 4.78 is 0. The molecule has 1 aliphatic rings. The van der Waals surface area contributed by atoms with Gasteiger partial charge in [-0.2, -0.15) is 0 Å². The molecular formula is C13H24N4O3. The van der Waals surface area contributed by atoms with E-state index in [1.165, 1.54) is 0 Å². The van der Waals surface area contributed by atoms with Gasteiger partial charge in [0.15, 0.2) is 0 Å². The van der Waals surface area contributed by atoms with E-state index in [1.807, 2.05) is 13.8 Å². The van der Waals surface area contributed by atoms with Gasteiger partial charge in [-0.15, -0.1) is 0 Å². The fourth-order valence-electron chi connectivity index (χ4n) is 2.18. The summed E-state index contributed by atoms with van der Waals surface area (Å²) in [6.45, 7) is 4.54. The highest BCUT2D eigenvalue weighted by Crippen LogP contribution is 2.08. The fraction of sp³-hybridized carbons (Fsp3) is 0.769. The lowest BCUT2D eigenvalue weighted by atomic mass is 10.0. The van der Waals surface area contributed by atoms with E-state index in [9.17, 15) is 14.4 Å². The van der Waals surface area contributed by atoms with Crippen LogP contribution in [-0.2, 0) is 14.4 Å². The maximum absolute atomic E-state index is 12.0. The van der Waals surface area contributed by atoms with E-state index in [4.69, 9.17) is 5.73 Å². The summed E-state index contributed by atoms with van der Waals surface area (Å²) in [5.41, 5.74) is 4.99. The van der Waals surface area contributed by atoms with E-state index in [1.54, 1.807) is 0 Å². The Hall–Kier alpha value is -1.63. The average molecular weight is 286 g/mol. The quantitative estimate of drug-likeness (QED) is 0.350. The Kier molecular flexibility index (Phi) is 6.44. The Morgan fingerprint density at radius 2 is 2.05 bits per heavy atom. The maximum atomic E-state index is 12.0. The van der Waals surface area contributed by atoms with Crippen LogP contribution in [0.4, 0.5) is 0 Å². The molecule has 0 radical (unpaired) electrons. The zero-order chi connectivity index (χ0) is 15.1. The monoisotopic (exact) mass is 286 g/mol. The van der Waals surface area contributed by atoms with E-state index < -0.39 is 11.9 Å². The number of primary amides is 1. The van der Waals surface area contributed by atoms with Gasteiger partial charge in [0.25, 0.3) is 0 Å². The molecule has 0 aromatic rings. The Morgan fingerprint density at radius 1 is 1.35 bits per heavy atom. The third-order valence-corrected chi connectivity index (χ3v) is 3.15. The van der Waals surface area contributed by atoms with Crippen molar-refractivity contribution in [2.24, 2.45) is 11.7 Å². The summed E-state index contributed by atoms with van der Waals surface area (Å²) in [7, 11) is 0. The van der Waals surface area contributed by atoms with Crippen LogP contribution in [0.25, 0.3) is 0 Å². The van der Waals surface area contributed by atoms with Crippen LogP contribution in [0, 0.1) is 5.92 Å². The number of hydrogen-bond acceptors (Lipinski definition) is 4. The molecule has 1 rings (SSSR count). The summed E-state index contributed by atoms with van der Waals surface area (Å²) >= 11 is 0. The van der Waals surface area contributed by atoms with Crippen molar-refractivity contribution in [2.45, 2.75) is 45.2 Å². The van der Waals surface area contributed by atoms with Gasteiger partial charge in [-0.05, 0) is 31.7 Å². The molecule has 0 unspecified atom stereocenters. The summed E-state index contributed by atoms with van der Waals surface area (Å²) in [6.07, 6.45) is 2.26. The molecule has 7 nitrogen and oxygen atoms in total. The number of carbonyl (C=O) groups is 3. The second kappa shape index (κ2) is 7.84. The summed E-state index contributed by atoms with van der Waals surface area (Å²) in [6, 6.07) is -0.863. The molecule has 114 valence electrons. The highest BCUT2D eigenvalue weighted by Gasteiger charge is 2.27. The predicted octanol–water partition coefficient (Wildman–Crippen LogP) is -1.13. The molecule has 0 saturated carbocycles. The third kappa shape index (κ3) is 5.56. The van der Waals surface area contributed by atoms with Gasteiger partial charge >= 0.3 is 0 Å². The first kappa shape index (κ1) is 16.4. The van der Waals surface area contributed by atoms with Crippen LogP contribution < -0.4 is 21.7 Å². The zero-order valence-electron chi connectivity index (χ0n) is 12.1. The standard InChI is InChI=1S/C13H24N4O3/c1-8(2)6-10(12(19)16-7-11(14)18)17-13(20)9-4-3-5-15-9/h8-10,15H,3-7H2,1-2H3,(H2,14,18)(H,16,19)(H,17,20)/t9-,10-/m0/s1/i11+1,17+1. The molecule has 0 bridgehead atoms. The summed E-state index contributed by atoms with van der Waals surface area (Å²) in [5, 5.41) is 8.27. The van der Waals surface area contributed by atoms with Gasteiger partial charge in [0.05, 0.1) is 12.6 Å². The lowest BCUT2D eigenvalue weighted by molar-refractivity contribution is -0.131. The van der Waals surface area contributed by atoms with Crippen LogP contribution in [0.2, 0.25) is 0 Å². The molecule has 1 saturated heterocycles. The van der Waals surface area contributed by atoms with Gasteiger partial charge in [0.1, 0.15) is 6.04 Å². The van der Waals surface area contributed by atoms with Crippen molar-refractivity contribution in [2.75, 3.05) is 13.1 Å². The number of amides is 3. The van der Waals surface area contributed by atoms with Crippen molar-refractivity contribution < 1.29 is 14.4 Å². The minimum absolute atomic E-state index is 0.164. The lowest BCUT2D eigenvalue weighted by Crippen LogP contribution is -2.52. The second-order valence-electron chi connectivity index (χ2n) is 5.52. The Balaban J connectivity index is 2.55. The molecule has 3 amide bonds.